The van der Waals surface area contributed by atoms with E-state index < -0.39 is 29.7 Å². The monoisotopic (exact) mass is 465 g/mol. The summed E-state index contributed by atoms with van der Waals surface area (Å²) in [5, 5.41) is 2.12. The zero-order valence-corrected chi connectivity index (χ0v) is 16.0. The van der Waals surface area contributed by atoms with Crippen LogP contribution in [-0.4, -0.2) is 18.0 Å². The van der Waals surface area contributed by atoms with Crippen molar-refractivity contribution in [2.75, 3.05) is 5.32 Å². The van der Waals surface area contributed by atoms with Crippen LogP contribution in [-0.2, 0) is 20.5 Å². The Morgan fingerprint density at radius 3 is 2.59 bits per heavy atom. The van der Waals surface area contributed by atoms with Gasteiger partial charge < -0.3 is 14.5 Å². The number of halogens is 5. The number of benzene rings is 1. The van der Waals surface area contributed by atoms with Crippen molar-refractivity contribution in [1.29, 1.82) is 0 Å². The van der Waals surface area contributed by atoms with Crippen LogP contribution in [0.15, 0.2) is 45.5 Å². The van der Waals surface area contributed by atoms with Crippen LogP contribution in [0.25, 0.3) is 6.08 Å². The minimum Gasteiger partial charge on any atom is -0.450 e. The zero-order chi connectivity index (χ0) is 20.2. The Labute approximate surface area is 165 Å². The first kappa shape index (κ1) is 21.0. The van der Waals surface area contributed by atoms with Gasteiger partial charge in [-0.1, -0.05) is 11.6 Å². The molecule has 0 radical (unpaired) electrons. The van der Waals surface area contributed by atoms with E-state index in [-0.39, 0.29) is 10.7 Å². The molecule has 1 N–H and O–H groups in total. The molecule has 0 spiro atoms. The fraction of sp³-hybridized carbons (Fsp3) is 0.176. The topological polar surface area (TPSA) is 68.5 Å². The number of hydrogen-bond donors (Lipinski definition) is 1. The van der Waals surface area contributed by atoms with Crippen LogP contribution < -0.4 is 5.32 Å². The van der Waals surface area contributed by atoms with E-state index in [0.29, 0.717) is 16.5 Å². The third kappa shape index (κ3) is 6.14. The second-order valence-corrected chi connectivity index (χ2v) is 6.42. The van der Waals surface area contributed by atoms with Crippen molar-refractivity contribution in [1.82, 2.24) is 0 Å². The number of carbonyl (C=O) groups is 2. The summed E-state index contributed by atoms with van der Waals surface area (Å²) in [6, 6.07) is 5.73. The number of anilines is 1. The molecular formula is C17H12BrClF3NO4. The number of amides is 1. The number of carbonyl (C=O) groups excluding carboxylic acids is 2. The second kappa shape index (κ2) is 8.62. The number of ether oxygens (including phenoxy) is 1. The summed E-state index contributed by atoms with van der Waals surface area (Å²) in [7, 11) is 0. The summed E-state index contributed by atoms with van der Waals surface area (Å²) in [4.78, 5) is 23.8. The summed E-state index contributed by atoms with van der Waals surface area (Å²) >= 11 is 8.91. The molecule has 0 saturated carbocycles. The molecule has 1 amide bonds. The molecular weight excluding hydrogens is 455 g/mol. The maximum Gasteiger partial charge on any atom is 0.416 e. The van der Waals surface area contributed by atoms with E-state index in [9.17, 15) is 22.8 Å². The lowest BCUT2D eigenvalue weighted by Gasteiger charge is -2.15. The molecule has 5 nitrogen and oxygen atoms in total. The normalized spacial score (nSPS) is 12.8. The van der Waals surface area contributed by atoms with Crippen molar-refractivity contribution in [3.63, 3.8) is 0 Å². The number of furan rings is 1. The molecule has 0 saturated heterocycles. The standard InChI is InChI=1S/C17H12BrClF3NO4/c1-9(26-15(24)7-4-11-3-6-14(18)27-11)16(25)23-13-8-10(17(20,21)22)2-5-12(13)19/h2-9H,1H3,(H,23,25). The maximum atomic E-state index is 12.8. The number of hydrogen-bond acceptors (Lipinski definition) is 4. The summed E-state index contributed by atoms with van der Waals surface area (Å²) in [5.74, 6) is -1.29. The van der Waals surface area contributed by atoms with E-state index in [2.05, 4.69) is 21.2 Å². The van der Waals surface area contributed by atoms with Crippen molar-refractivity contribution >= 4 is 51.2 Å². The van der Waals surface area contributed by atoms with Gasteiger partial charge in [-0.25, -0.2) is 4.79 Å². The van der Waals surface area contributed by atoms with Crippen LogP contribution in [0.4, 0.5) is 18.9 Å². The summed E-state index contributed by atoms with van der Waals surface area (Å²) < 4.78 is 48.8. The maximum absolute atomic E-state index is 12.8. The lowest BCUT2D eigenvalue weighted by Crippen LogP contribution is -2.29. The average molecular weight is 467 g/mol. The molecule has 0 fully saturated rings. The molecule has 10 heteroatoms. The van der Waals surface area contributed by atoms with Gasteiger partial charge in [0.1, 0.15) is 5.76 Å². The highest BCUT2D eigenvalue weighted by Gasteiger charge is 2.31. The van der Waals surface area contributed by atoms with Gasteiger partial charge in [-0.2, -0.15) is 13.2 Å². The van der Waals surface area contributed by atoms with Gasteiger partial charge in [0.25, 0.3) is 5.91 Å². The van der Waals surface area contributed by atoms with E-state index in [1.165, 1.54) is 13.0 Å². The number of esters is 1. The number of alkyl halides is 3. The highest BCUT2D eigenvalue weighted by Crippen LogP contribution is 2.33. The lowest BCUT2D eigenvalue weighted by molar-refractivity contribution is -0.148. The molecule has 27 heavy (non-hydrogen) atoms. The molecule has 2 aromatic rings. The summed E-state index contributed by atoms with van der Waals surface area (Å²) in [5.41, 5.74) is -1.21. The van der Waals surface area contributed by atoms with E-state index in [1.54, 1.807) is 12.1 Å². The van der Waals surface area contributed by atoms with Gasteiger partial charge >= 0.3 is 12.1 Å². The first-order valence-corrected chi connectivity index (χ1v) is 8.55. The Kier molecular flexibility index (Phi) is 6.72. The molecule has 2 rings (SSSR count). The molecule has 0 aliphatic rings. The Hall–Kier alpha value is -2.26. The van der Waals surface area contributed by atoms with Gasteiger partial charge in [0, 0.05) is 6.08 Å². The van der Waals surface area contributed by atoms with E-state index in [4.69, 9.17) is 20.8 Å². The first-order chi connectivity index (χ1) is 12.6. The molecule has 0 aliphatic heterocycles. The van der Waals surface area contributed by atoms with Crippen LogP contribution in [0.3, 0.4) is 0 Å². The average Bonchev–Trinajstić information content (AvgIpc) is 2.99. The van der Waals surface area contributed by atoms with Gasteiger partial charge in [-0.15, -0.1) is 0 Å². The molecule has 1 aromatic carbocycles. The third-order valence-electron chi connectivity index (χ3n) is 3.19. The molecule has 0 bridgehead atoms. The first-order valence-electron chi connectivity index (χ1n) is 7.38. The highest BCUT2D eigenvalue weighted by atomic mass is 79.9. The van der Waals surface area contributed by atoms with Crippen LogP contribution >= 0.6 is 27.5 Å². The largest absolute Gasteiger partial charge is 0.450 e. The smallest absolute Gasteiger partial charge is 0.416 e. The molecule has 1 aromatic heterocycles. The quantitative estimate of drug-likeness (QED) is 0.480. The Morgan fingerprint density at radius 2 is 2.00 bits per heavy atom. The predicted molar refractivity (Wildman–Crippen MR) is 96.1 cm³/mol. The van der Waals surface area contributed by atoms with Crippen molar-refractivity contribution in [2.24, 2.45) is 0 Å². The molecule has 144 valence electrons. The van der Waals surface area contributed by atoms with Gasteiger partial charge in [0.05, 0.1) is 16.3 Å². The van der Waals surface area contributed by atoms with Crippen LogP contribution in [0.1, 0.15) is 18.2 Å². The van der Waals surface area contributed by atoms with Crippen LogP contribution in [0.2, 0.25) is 5.02 Å². The fourth-order valence-electron chi connectivity index (χ4n) is 1.87. The van der Waals surface area contributed by atoms with Gasteiger partial charge in [-0.05, 0) is 59.3 Å². The van der Waals surface area contributed by atoms with Crippen molar-refractivity contribution < 1.29 is 31.9 Å². The third-order valence-corrected chi connectivity index (χ3v) is 3.95. The number of rotatable bonds is 5. The van der Waals surface area contributed by atoms with Crippen LogP contribution in [0.5, 0.6) is 0 Å². The SMILES string of the molecule is CC(OC(=O)C=Cc1ccc(Br)o1)C(=O)Nc1cc(C(F)(F)F)ccc1Cl. The molecule has 1 atom stereocenters. The summed E-state index contributed by atoms with van der Waals surface area (Å²) in [6.07, 6.45) is -3.47. The fourth-order valence-corrected chi connectivity index (χ4v) is 2.35. The summed E-state index contributed by atoms with van der Waals surface area (Å²) in [6.45, 7) is 1.27. The lowest BCUT2D eigenvalue weighted by atomic mass is 10.2. The minimum atomic E-state index is -4.59. The van der Waals surface area contributed by atoms with E-state index in [1.807, 2.05) is 0 Å². The molecule has 1 heterocycles. The number of nitrogens with one attached hydrogen (secondary N) is 1. The minimum absolute atomic E-state index is 0.0850. The van der Waals surface area contributed by atoms with Crippen molar-refractivity contribution in [3.8, 4) is 0 Å². The van der Waals surface area contributed by atoms with Crippen LogP contribution in [0, 0.1) is 0 Å². The Bertz CT molecular complexity index is 879. The van der Waals surface area contributed by atoms with Crippen molar-refractivity contribution in [2.45, 2.75) is 19.2 Å². The van der Waals surface area contributed by atoms with Gasteiger partial charge in [0.2, 0.25) is 0 Å². The zero-order valence-electron chi connectivity index (χ0n) is 13.6. The predicted octanol–water partition coefficient (Wildman–Crippen LogP) is 5.30. The molecule has 1 unspecified atom stereocenters. The van der Waals surface area contributed by atoms with Gasteiger partial charge in [0.15, 0.2) is 10.8 Å². The molecule has 0 aliphatic carbocycles. The Morgan fingerprint density at radius 1 is 1.30 bits per heavy atom. The van der Waals surface area contributed by atoms with Gasteiger partial charge in [-0.3, -0.25) is 4.79 Å². The Balaban J connectivity index is 1.99. The van der Waals surface area contributed by atoms with Crippen molar-refractivity contribution in [3.05, 3.63) is 57.4 Å². The second-order valence-electron chi connectivity index (χ2n) is 5.24. The highest BCUT2D eigenvalue weighted by molar-refractivity contribution is 9.10. The van der Waals surface area contributed by atoms with E-state index >= 15 is 0 Å². The van der Waals surface area contributed by atoms with E-state index in [0.717, 1.165) is 18.2 Å².